The van der Waals surface area contributed by atoms with E-state index >= 15 is 0 Å². The van der Waals surface area contributed by atoms with E-state index in [0.717, 1.165) is 31.6 Å². The number of nitrogens with zero attached hydrogens (tertiary/aromatic N) is 2. The summed E-state index contributed by atoms with van der Waals surface area (Å²) in [6, 6.07) is 6.81. The van der Waals surface area contributed by atoms with Crippen LogP contribution in [0, 0.1) is 17.1 Å². The minimum atomic E-state index is -0.375. The molecule has 0 aromatic heterocycles. The van der Waals surface area contributed by atoms with Crippen molar-refractivity contribution in [2.45, 2.75) is 18.9 Å². The lowest BCUT2D eigenvalue weighted by molar-refractivity contribution is 0.277. The molecule has 0 spiro atoms. The molecule has 1 aromatic carbocycles. The maximum absolute atomic E-state index is 13.1. The summed E-state index contributed by atoms with van der Waals surface area (Å²) < 4.78 is 13.1. The van der Waals surface area contributed by atoms with E-state index in [2.05, 4.69) is 10.2 Å². The summed E-state index contributed by atoms with van der Waals surface area (Å²) in [7, 11) is 0. The van der Waals surface area contributed by atoms with Gasteiger partial charge in [-0.05, 0) is 31.0 Å². The van der Waals surface area contributed by atoms with Crippen molar-refractivity contribution in [1.82, 2.24) is 5.32 Å². The fourth-order valence-corrected chi connectivity index (χ4v) is 2.47. The lowest BCUT2D eigenvalue weighted by Gasteiger charge is -2.34. The Morgan fingerprint density at radius 3 is 2.79 bits per heavy atom. The summed E-state index contributed by atoms with van der Waals surface area (Å²) >= 11 is 0. The van der Waals surface area contributed by atoms with E-state index in [1.54, 1.807) is 6.07 Å². The van der Waals surface area contributed by atoms with Crippen LogP contribution in [0.4, 0.5) is 10.1 Å². The number of hydrogen-bond acceptors (Lipinski definition) is 4. The molecule has 0 aliphatic carbocycles. The highest BCUT2D eigenvalue weighted by molar-refractivity contribution is 5.59. The molecule has 0 unspecified atom stereocenters. The second-order valence-electron chi connectivity index (χ2n) is 4.71. The van der Waals surface area contributed by atoms with Gasteiger partial charge in [-0.15, -0.1) is 0 Å². The quantitative estimate of drug-likeness (QED) is 0.858. The van der Waals surface area contributed by atoms with Crippen LogP contribution >= 0.6 is 0 Å². The standard InChI is InChI=1S/C14H18FN3O/c15-12-1-2-14(11(9-12)10-16)18-6-3-13(4-7-18)17-5-8-19/h1-2,9,13,17,19H,3-8H2. The minimum Gasteiger partial charge on any atom is -0.395 e. The van der Waals surface area contributed by atoms with Crippen molar-refractivity contribution in [3.05, 3.63) is 29.6 Å². The molecule has 1 fully saturated rings. The van der Waals surface area contributed by atoms with Crippen LogP contribution in [0.3, 0.4) is 0 Å². The second-order valence-corrected chi connectivity index (χ2v) is 4.71. The number of hydrogen-bond donors (Lipinski definition) is 2. The van der Waals surface area contributed by atoms with Crippen molar-refractivity contribution < 1.29 is 9.50 Å². The van der Waals surface area contributed by atoms with Gasteiger partial charge >= 0.3 is 0 Å². The highest BCUT2D eigenvalue weighted by Gasteiger charge is 2.20. The van der Waals surface area contributed by atoms with Gasteiger partial charge in [0.25, 0.3) is 0 Å². The maximum atomic E-state index is 13.1. The monoisotopic (exact) mass is 263 g/mol. The fourth-order valence-electron chi connectivity index (χ4n) is 2.47. The van der Waals surface area contributed by atoms with Crippen molar-refractivity contribution in [3.8, 4) is 6.07 Å². The number of nitrogens with one attached hydrogen (secondary N) is 1. The summed E-state index contributed by atoms with van der Waals surface area (Å²) in [5, 5.41) is 21.1. The normalized spacial score (nSPS) is 16.4. The van der Waals surface area contributed by atoms with Gasteiger partial charge in [0, 0.05) is 25.7 Å². The predicted molar refractivity (Wildman–Crippen MR) is 71.4 cm³/mol. The zero-order valence-electron chi connectivity index (χ0n) is 10.8. The van der Waals surface area contributed by atoms with E-state index in [9.17, 15) is 4.39 Å². The number of halogens is 1. The van der Waals surface area contributed by atoms with Crippen molar-refractivity contribution in [3.63, 3.8) is 0 Å². The molecule has 0 radical (unpaired) electrons. The van der Waals surface area contributed by atoms with Crippen LogP contribution < -0.4 is 10.2 Å². The third kappa shape index (κ3) is 3.43. The Hall–Kier alpha value is -1.64. The molecule has 1 aliphatic heterocycles. The van der Waals surface area contributed by atoms with Crippen molar-refractivity contribution in [1.29, 1.82) is 5.26 Å². The average Bonchev–Trinajstić information content (AvgIpc) is 2.45. The van der Waals surface area contributed by atoms with E-state index in [1.165, 1.54) is 12.1 Å². The summed E-state index contributed by atoms with van der Waals surface area (Å²) in [6.07, 6.45) is 1.92. The molecule has 1 aliphatic rings. The van der Waals surface area contributed by atoms with E-state index in [1.807, 2.05) is 6.07 Å². The number of benzene rings is 1. The van der Waals surface area contributed by atoms with Crippen LogP contribution in [0.25, 0.3) is 0 Å². The van der Waals surface area contributed by atoms with Crippen LogP contribution in [0.2, 0.25) is 0 Å². The van der Waals surface area contributed by atoms with Crippen LogP contribution in [0.15, 0.2) is 18.2 Å². The number of aliphatic hydroxyl groups is 1. The first-order chi connectivity index (χ1) is 9.24. The first-order valence-corrected chi connectivity index (χ1v) is 6.53. The van der Waals surface area contributed by atoms with E-state index in [0.29, 0.717) is 18.2 Å². The number of anilines is 1. The summed E-state index contributed by atoms with van der Waals surface area (Å²) in [5.41, 5.74) is 1.20. The fraction of sp³-hybridized carbons (Fsp3) is 0.500. The van der Waals surface area contributed by atoms with Crippen molar-refractivity contribution in [2.24, 2.45) is 0 Å². The Balaban J connectivity index is 2.00. The SMILES string of the molecule is N#Cc1cc(F)ccc1N1CCC(NCCO)CC1. The second kappa shape index (κ2) is 6.50. The molecule has 1 aromatic rings. The van der Waals surface area contributed by atoms with Gasteiger partial charge in [0.2, 0.25) is 0 Å². The molecular weight excluding hydrogens is 245 g/mol. The van der Waals surface area contributed by atoms with E-state index in [4.69, 9.17) is 10.4 Å². The Labute approximate surface area is 112 Å². The largest absolute Gasteiger partial charge is 0.395 e. The minimum absolute atomic E-state index is 0.150. The van der Waals surface area contributed by atoms with Crippen LogP contribution in [0.1, 0.15) is 18.4 Å². The Kier molecular flexibility index (Phi) is 4.72. The van der Waals surface area contributed by atoms with E-state index < -0.39 is 0 Å². The van der Waals surface area contributed by atoms with E-state index in [-0.39, 0.29) is 12.4 Å². The molecule has 19 heavy (non-hydrogen) atoms. The van der Waals surface area contributed by atoms with Gasteiger partial charge in [-0.3, -0.25) is 0 Å². The van der Waals surface area contributed by atoms with Crippen LogP contribution in [-0.4, -0.2) is 37.4 Å². The Morgan fingerprint density at radius 2 is 2.16 bits per heavy atom. The topological polar surface area (TPSA) is 59.3 Å². The Morgan fingerprint density at radius 1 is 1.42 bits per heavy atom. The zero-order chi connectivity index (χ0) is 13.7. The molecule has 0 amide bonds. The van der Waals surface area contributed by atoms with Gasteiger partial charge < -0.3 is 15.3 Å². The molecule has 2 rings (SSSR count). The third-order valence-electron chi connectivity index (χ3n) is 3.46. The molecule has 4 nitrogen and oxygen atoms in total. The first kappa shape index (κ1) is 13.8. The number of nitriles is 1. The first-order valence-electron chi connectivity index (χ1n) is 6.53. The molecule has 0 atom stereocenters. The van der Waals surface area contributed by atoms with Crippen molar-refractivity contribution in [2.75, 3.05) is 31.1 Å². The van der Waals surface area contributed by atoms with Crippen LogP contribution in [-0.2, 0) is 0 Å². The number of aliphatic hydroxyl groups excluding tert-OH is 1. The lowest BCUT2D eigenvalue weighted by Crippen LogP contribution is -2.43. The molecule has 0 bridgehead atoms. The molecule has 0 saturated carbocycles. The summed E-state index contributed by atoms with van der Waals surface area (Å²) in [5.74, 6) is -0.375. The average molecular weight is 263 g/mol. The smallest absolute Gasteiger partial charge is 0.124 e. The molecule has 1 heterocycles. The number of rotatable bonds is 4. The van der Waals surface area contributed by atoms with Gasteiger partial charge in [-0.2, -0.15) is 5.26 Å². The van der Waals surface area contributed by atoms with Crippen molar-refractivity contribution >= 4 is 5.69 Å². The maximum Gasteiger partial charge on any atom is 0.124 e. The Bertz CT molecular complexity index is 464. The molecule has 2 N–H and O–H groups in total. The van der Waals surface area contributed by atoms with Crippen LogP contribution in [0.5, 0.6) is 0 Å². The van der Waals surface area contributed by atoms with Gasteiger partial charge in [0.05, 0.1) is 17.9 Å². The highest BCUT2D eigenvalue weighted by atomic mass is 19.1. The molecule has 102 valence electrons. The third-order valence-corrected chi connectivity index (χ3v) is 3.46. The number of piperidine rings is 1. The predicted octanol–water partition coefficient (Wildman–Crippen LogP) is 1.25. The van der Waals surface area contributed by atoms with Gasteiger partial charge in [-0.25, -0.2) is 4.39 Å². The van der Waals surface area contributed by atoms with Gasteiger partial charge in [0.15, 0.2) is 0 Å². The van der Waals surface area contributed by atoms with Gasteiger partial charge in [-0.1, -0.05) is 0 Å². The highest BCUT2D eigenvalue weighted by Crippen LogP contribution is 2.24. The molecule has 1 saturated heterocycles. The summed E-state index contributed by atoms with van der Waals surface area (Å²) in [4.78, 5) is 2.12. The zero-order valence-corrected chi connectivity index (χ0v) is 10.8. The van der Waals surface area contributed by atoms with Gasteiger partial charge in [0.1, 0.15) is 11.9 Å². The lowest BCUT2D eigenvalue weighted by atomic mass is 10.0. The molecular formula is C14H18FN3O. The summed E-state index contributed by atoms with van der Waals surface area (Å²) in [6.45, 7) is 2.44. The molecule has 5 heteroatoms.